The molecule has 4 N–H and O–H groups in total. The maximum absolute atomic E-state index is 9.14. The molecule has 2 aliphatic carbocycles. The van der Waals surface area contributed by atoms with E-state index in [1.165, 1.54) is 12.4 Å². The molecular weight excluding hydrogens is 886 g/mol. The third-order valence-corrected chi connectivity index (χ3v) is 14.2. The molecule has 0 atom stereocenters. The SMILES string of the molecule is Nc1cncc(Br)c1Cl.[C-]#[N+]c1cc2c(-c3cncc(N)c3Cl)cn(C3CC(C#N)C3)c2cc1C.[C-]#[N+]c1cc2c(B3OC(C)(C)C(C)(C)O3)cn(C3CC(C#N)C3)c2cc1C. The monoisotopic (exact) mass is 928 g/mol. The zero-order valence-electron chi connectivity index (χ0n) is 35.2. The number of hydrogen-bond donors (Lipinski definition) is 2. The highest BCUT2D eigenvalue weighted by Crippen LogP contribution is 2.46. The van der Waals surface area contributed by atoms with Gasteiger partial charge in [0.05, 0.1) is 86.6 Å². The molecule has 9 rings (SSSR count). The number of nitriles is 2. The molecule has 6 aromatic rings. The van der Waals surface area contributed by atoms with E-state index in [4.69, 9.17) is 67.6 Å². The Kier molecular flexibility index (Phi) is 12.4. The average Bonchev–Trinajstić information content (AvgIpc) is 3.81. The van der Waals surface area contributed by atoms with Gasteiger partial charge in [-0.15, -0.1) is 0 Å². The van der Waals surface area contributed by atoms with Crippen molar-refractivity contribution in [1.82, 2.24) is 19.1 Å². The third kappa shape index (κ3) is 8.23. The standard InChI is InChI=1S/C21H24BN3O2.C20H16ClN5.C5H4BrClN2/c1-13-7-19-16(10-18(13)24-6)17(12-25(19)15-8-14(9-15)11-23)22-26-20(2,3)21(4,5)27-22;1-11-3-19-14(6-18(11)24-2)16(15-8-25-9-17(23)20(15)21)10-26(19)13-4-12(5-13)7-22;6-3-1-9-2-4(8)5(3)7/h7,10,12,14-15H,8-9H2,1-5H3;3,6,8-10,12-13H,4-5,23H2,1H3;1-2H,8H2. The van der Waals surface area contributed by atoms with Gasteiger partial charge < -0.3 is 29.9 Å². The minimum absolute atomic E-state index is 0.113. The van der Waals surface area contributed by atoms with Crippen molar-refractivity contribution < 1.29 is 9.31 Å². The summed E-state index contributed by atoms with van der Waals surface area (Å²) in [6, 6.07) is 13.3. The lowest BCUT2D eigenvalue weighted by atomic mass is 9.78. The number of nitrogen functional groups attached to an aromatic ring is 2. The average molecular weight is 931 g/mol. The fourth-order valence-electron chi connectivity index (χ4n) is 7.95. The first-order chi connectivity index (χ1) is 29.4. The summed E-state index contributed by atoms with van der Waals surface area (Å²) in [5.41, 5.74) is 19.4. The fourth-order valence-corrected chi connectivity index (χ4v) is 8.59. The van der Waals surface area contributed by atoms with E-state index >= 15 is 0 Å². The quantitative estimate of drug-likeness (QED) is 0.130. The number of fused-ring (bicyclic) bond motifs is 2. The summed E-state index contributed by atoms with van der Waals surface area (Å²) < 4.78 is 17.8. The van der Waals surface area contributed by atoms with Crippen LogP contribution in [0, 0.1) is 61.5 Å². The maximum atomic E-state index is 9.14. The minimum Gasteiger partial charge on any atom is -0.399 e. The van der Waals surface area contributed by atoms with E-state index in [0.717, 1.165) is 79.7 Å². The zero-order chi connectivity index (χ0) is 44.8. The van der Waals surface area contributed by atoms with Crippen molar-refractivity contribution in [3.05, 3.63) is 110 Å². The molecular formula is C46H44BBrCl2N10O2. The number of anilines is 2. The van der Waals surface area contributed by atoms with Crippen molar-refractivity contribution in [2.45, 2.75) is 90.5 Å². The van der Waals surface area contributed by atoms with Crippen LogP contribution in [0.3, 0.4) is 0 Å². The van der Waals surface area contributed by atoms with Crippen molar-refractivity contribution >= 4 is 96.3 Å². The third-order valence-electron chi connectivity index (χ3n) is 12.5. The summed E-state index contributed by atoms with van der Waals surface area (Å²) in [5, 5.41) is 21.2. The van der Waals surface area contributed by atoms with Gasteiger partial charge in [-0.3, -0.25) is 9.97 Å². The van der Waals surface area contributed by atoms with Crippen LogP contribution in [0.5, 0.6) is 0 Å². The molecule has 2 aromatic carbocycles. The van der Waals surface area contributed by atoms with Crippen LogP contribution < -0.4 is 16.9 Å². The predicted octanol–water partition coefficient (Wildman–Crippen LogP) is 11.6. The van der Waals surface area contributed by atoms with Gasteiger partial charge in [-0.1, -0.05) is 23.2 Å². The van der Waals surface area contributed by atoms with Gasteiger partial charge in [-0.05, 0) is 129 Å². The molecule has 5 heterocycles. The van der Waals surface area contributed by atoms with E-state index < -0.39 is 18.3 Å². The molecule has 0 spiro atoms. The molecule has 0 radical (unpaired) electrons. The molecule has 0 bridgehead atoms. The molecule has 1 saturated heterocycles. The number of nitrogens with zero attached hydrogens (tertiary/aromatic N) is 8. The summed E-state index contributed by atoms with van der Waals surface area (Å²) in [6.45, 7) is 27.0. The Bertz CT molecular complexity index is 2870. The van der Waals surface area contributed by atoms with E-state index in [1.807, 2.05) is 59.7 Å². The van der Waals surface area contributed by atoms with E-state index in [0.29, 0.717) is 38.8 Å². The normalized spacial score (nSPS) is 20.6. The number of benzene rings is 2. The first-order valence-corrected chi connectivity index (χ1v) is 21.6. The lowest BCUT2D eigenvalue weighted by molar-refractivity contribution is 0.00578. The molecule has 3 aliphatic rings. The Hall–Kier alpha value is -5.58. The Morgan fingerprint density at radius 1 is 0.742 bits per heavy atom. The second-order valence-electron chi connectivity index (χ2n) is 17.1. The van der Waals surface area contributed by atoms with E-state index in [1.54, 1.807) is 12.4 Å². The number of aryl methyl sites for hydroxylation is 2. The van der Waals surface area contributed by atoms with Gasteiger partial charge in [0.1, 0.15) is 0 Å². The van der Waals surface area contributed by atoms with E-state index in [9.17, 15) is 0 Å². The van der Waals surface area contributed by atoms with Crippen molar-refractivity contribution in [3.63, 3.8) is 0 Å². The number of hydrogen-bond acceptors (Lipinski definition) is 8. The first-order valence-electron chi connectivity index (χ1n) is 20.1. The summed E-state index contributed by atoms with van der Waals surface area (Å²) >= 11 is 15.3. The number of aromatic nitrogens is 4. The maximum Gasteiger partial charge on any atom is 0.496 e. The molecule has 2 saturated carbocycles. The van der Waals surface area contributed by atoms with Crippen LogP contribution in [0.2, 0.25) is 10.0 Å². The molecule has 3 fully saturated rings. The second kappa shape index (κ2) is 17.3. The molecule has 0 unspecified atom stereocenters. The van der Waals surface area contributed by atoms with Gasteiger partial charge >= 0.3 is 7.12 Å². The highest BCUT2D eigenvalue weighted by Gasteiger charge is 2.52. The topological polar surface area (TPSA) is 162 Å². The lowest BCUT2D eigenvalue weighted by Crippen LogP contribution is -2.41. The van der Waals surface area contributed by atoms with E-state index in [2.05, 4.69) is 75.3 Å². The van der Waals surface area contributed by atoms with Gasteiger partial charge in [0, 0.05) is 64.5 Å². The molecule has 62 heavy (non-hydrogen) atoms. The Morgan fingerprint density at radius 3 is 1.69 bits per heavy atom. The largest absolute Gasteiger partial charge is 0.496 e. The van der Waals surface area contributed by atoms with Crippen LogP contribution >= 0.6 is 39.1 Å². The zero-order valence-corrected chi connectivity index (χ0v) is 38.3. The molecule has 4 aromatic heterocycles. The number of pyridine rings is 2. The molecule has 0 amide bonds. The van der Waals surface area contributed by atoms with Crippen LogP contribution in [0.4, 0.5) is 22.7 Å². The highest BCUT2D eigenvalue weighted by atomic mass is 79.9. The number of nitrogens with two attached hydrogens (primary N) is 2. The van der Waals surface area contributed by atoms with Crippen LogP contribution in [0.1, 0.15) is 76.6 Å². The number of halogens is 3. The Labute approximate surface area is 380 Å². The van der Waals surface area contributed by atoms with Gasteiger partial charge in [0.25, 0.3) is 0 Å². The van der Waals surface area contributed by atoms with Gasteiger partial charge in [0.15, 0.2) is 11.4 Å². The highest BCUT2D eigenvalue weighted by molar-refractivity contribution is 9.10. The number of rotatable bonds is 4. The van der Waals surface area contributed by atoms with Gasteiger partial charge in [-0.25, -0.2) is 9.69 Å². The Balaban J connectivity index is 0.000000156. The summed E-state index contributed by atoms with van der Waals surface area (Å²) in [6.07, 6.45) is 13.9. The predicted molar refractivity (Wildman–Crippen MR) is 250 cm³/mol. The molecule has 314 valence electrons. The summed E-state index contributed by atoms with van der Waals surface area (Å²) in [7, 11) is -0.466. The van der Waals surface area contributed by atoms with Crippen LogP contribution in [0.15, 0.2) is 65.9 Å². The van der Waals surface area contributed by atoms with Crippen LogP contribution in [-0.2, 0) is 9.31 Å². The van der Waals surface area contributed by atoms with E-state index in [-0.39, 0.29) is 17.9 Å². The lowest BCUT2D eigenvalue weighted by Gasteiger charge is -2.32. The summed E-state index contributed by atoms with van der Waals surface area (Å²) in [5.74, 6) is 0.249. The van der Waals surface area contributed by atoms with Gasteiger partial charge in [-0.2, -0.15) is 10.5 Å². The van der Waals surface area contributed by atoms with Crippen LogP contribution in [-0.4, -0.2) is 37.4 Å². The molecule has 12 nitrogen and oxygen atoms in total. The Morgan fingerprint density at radius 2 is 1.21 bits per heavy atom. The molecule has 16 heteroatoms. The van der Waals surface area contributed by atoms with Crippen molar-refractivity contribution in [2.75, 3.05) is 11.5 Å². The van der Waals surface area contributed by atoms with Crippen LogP contribution in [0.25, 0.3) is 42.6 Å². The van der Waals surface area contributed by atoms with Crippen molar-refractivity contribution in [3.8, 4) is 23.3 Å². The van der Waals surface area contributed by atoms with Crippen molar-refractivity contribution in [1.29, 1.82) is 10.5 Å². The fraction of sp³-hybridized carbons (Fsp3) is 0.348. The minimum atomic E-state index is -0.466. The molecule has 1 aliphatic heterocycles. The summed E-state index contributed by atoms with van der Waals surface area (Å²) in [4.78, 5) is 15.3. The van der Waals surface area contributed by atoms with Crippen molar-refractivity contribution in [2.24, 2.45) is 11.8 Å². The first kappa shape index (κ1) is 44.5. The second-order valence-corrected chi connectivity index (χ2v) is 18.7. The van der Waals surface area contributed by atoms with Gasteiger partial charge in [0.2, 0.25) is 0 Å². The smallest absolute Gasteiger partial charge is 0.399 e.